The van der Waals surface area contributed by atoms with Crippen LogP contribution in [0.1, 0.15) is 42.1 Å². The van der Waals surface area contributed by atoms with E-state index in [-0.39, 0.29) is 12.2 Å². The Morgan fingerprint density at radius 3 is 2.50 bits per heavy atom. The average Bonchev–Trinajstić information content (AvgIpc) is 3.27. The third kappa shape index (κ3) is 5.60. The van der Waals surface area contributed by atoms with Crippen molar-refractivity contribution < 1.29 is 14.3 Å². The predicted molar refractivity (Wildman–Crippen MR) is 158 cm³/mol. The number of benzene rings is 3. The molecule has 1 aliphatic rings. The summed E-state index contributed by atoms with van der Waals surface area (Å²) in [6.45, 7) is 8.14. The van der Waals surface area contributed by atoms with Gasteiger partial charge < -0.3 is 9.47 Å². The summed E-state index contributed by atoms with van der Waals surface area (Å²) in [5.41, 5.74) is 4.47. The third-order valence-corrected chi connectivity index (χ3v) is 7.60. The first-order chi connectivity index (χ1) is 19.5. The second-order valence-corrected chi connectivity index (χ2v) is 10.4. The molecule has 0 saturated carbocycles. The van der Waals surface area contributed by atoms with Crippen LogP contribution in [-0.4, -0.2) is 17.1 Å². The zero-order chi connectivity index (χ0) is 28.1. The molecular formula is C33H30N2O4S. The molecule has 7 heteroatoms. The van der Waals surface area contributed by atoms with Gasteiger partial charge in [-0.3, -0.25) is 9.36 Å². The number of hydrogen-bond acceptors (Lipinski definition) is 6. The van der Waals surface area contributed by atoms with Crippen LogP contribution in [-0.2, 0) is 22.6 Å². The summed E-state index contributed by atoms with van der Waals surface area (Å²) in [5, 5.41) is 0. The van der Waals surface area contributed by atoms with Crippen molar-refractivity contribution in [3.8, 4) is 5.75 Å². The van der Waals surface area contributed by atoms with E-state index in [2.05, 4.69) is 11.6 Å². The Morgan fingerprint density at radius 1 is 1.07 bits per heavy atom. The molecule has 202 valence electrons. The number of nitrogens with zero attached hydrogens (tertiary/aromatic N) is 2. The molecule has 0 aliphatic carbocycles. The van der Waals surface area contributed by atoms with Gasteiger partial charge in [0.25, 0.3) is 5.56 Å². The van der Waals surface area contributed by atoms with Crippen molar-refractivity contribution in [3.63, 3.8) is 0 Å². The number of carbonyl (C=O) groups excluding carboxylic acids is 1. The SMILES string of the molecule is C=CCc1cc(/C=c2/sc3n(c2=O)[C@@H](c2ccccc2)C(C(=O)OCC)=C(C)N=3)ccc1OCc1ccccc1. The maximum absolute atomic E-state index is 13.8. The molecule has 0 fully saturated rings. The van der Waals surface area contributed by atoms with Gasteiger partial charge in [0.2, 0.25) is 0 Å². The highest BCUT2D eigenvalue weighted by atomic mass is 32.1. The molecule has 4 aromatic rings. The van der Waals surface area contributed by atoms with Crippen molar-refractivity contribution in [2.24, 2.45) is 4.99 Å². The fraction of sp³-hybridized carbons (Fsp3) is 0.182. The van der Waals surface area contributed by atoms with Crippen molar-refractivity contribution in [1.82, 2.24) is 4.57 Å². The Balaban J connectivity index is 1.56. The van der Waals surface area contributed by atoms with Crippen LogP contribution in [0, 0.1) is 0 Å². The fourth-order valence-electron chi connectivity index (χ4n) is 4.77. The first kappa shape index (κ1) is 27.1. The Bertz CT molecular complexity index is 1750. The Morgan fingerprint density at radius 2 is 1.80 bits per heavy atom. The van der Waals surface area contributed by atoms with E-state index in [4.69, 9.17) is 9.47 Å². The topological polar surface area (TPSA) is 69.9 Å². The molecule has 0 radical (unpaired) electrons. The summed E-state index contributed by atoms with van der Waals surface area (Å²) in [6.07, 6.45) is 4.33. The highest BCUT2D eigenvalue weighted by Crippen LogP contribution is 2.30. The van der Waals surface area contributed by atoms with Crippen LogP contribution < -0.4 is 19.6 Å². The minimum atomic E-state index is -0.622. The molecule has 0 N–H and O–H groups in total. The third-order valence-electron chi connectivity index (χ3n) is 6.62. The standard InChI is InChI=1S/C33H30N2O4S/c1-4-12-26-19-24(17-18-27(26)39-21-23-13-8-6-9-14-23)20-28-31(36)35-30(25-15-10-7-11-16-25)29(32(37)38-5-2)22(3)34-33(35)40-28/h4,6-11,13-20,30H,1,5,12,21H2,2-3H3/b28-20+/t30-/m0/s1. The number of esters is 1. The van der Waals surface area contributed by atoms with E-state index in [0.29, 0.717) is 33.6 Å². The predicted octanol–water partition coefficient (Wildman–Crippen LogP) is 5.11. The first-order valence-corrected chi connectivity index (χ1v) is 14.0. The lowest BCUT2D eigenvalue weighted by atomic mass is 9.96. The van der Waals surface area contributed by atoms with E-state index in [1.807, 2.05) is 91.0 Å². The number of ether oxygens (including phenoxy) is 2. The molecule has 0 spiro atoms. The van der Waals surface area contributed by atoms with E-state index < -0.39 is 12.0 Å². The summed E-state index contributed by atoms with van der Waals surface area (Å²) >= 11 is 1.31. The van der Waals surface area contributed by atoms with Gasteiger partial charge in [-0.05, 0) is 60.7 Å². The Hall–Kier alpha value is -4.49. The molecule has 1 aromatic heterocycles. The van der Waals surface area contributed by atoms with Gasteiger partial charge in [-0.2, -0.15) is 0 Å². The van der Waals surface area contributed by atoms with Gasteiger partial charge in [0.05, 0.1) is 28.5 Å². The molecule has 0 unspecified atom stereocenters. The number of fused-ring (bicyclic) bond motifs is 1. The summed E-state index contributed by atoms with van der Waals surface area (Å²) < 4.78 is 13.6. The zero-order valence-electron chi connectivity index (χ0n) is 22.5. The summed E-state index contributed by atoms with van der Waals surface area (Å²) in [6, 6.07) is 24.8. The summed E-state index contributed by atoms with van der Waals surface area (Å²) in [7, 11) is 0. The van der Waals surface area contributed by atoms with Crippen LogP contribution in [0.15, 0.2) is 113 Å². The molecule has 0 bridgehead atoms. The molecule has 3 aromatic carbocycles. The maximum atomic E-state index is 13.8. The monoisotopic (exact) mass is 550 g/mol. The minimum absolute atomic E-state index is 0.207. The lowest BCUT2D eigenvalue weighted by Crippen LogP contribution is -2.39. The summed E-state index contributed by atoms with van der Waals surface area (Å²) in [5.74, 6) is 0.313. The molecule has 6 nitrogen and oxygen atoms in total. The van der Waals surface area contributed by atoms with Crippen LogP contribution >= 0.6 is 11.3 Å². The van der Waals surface area contributed by atoms with Crippen molar-refractivity contribution >= 4 is 23.4 Å². The largest absolute Gasteiger partial charge is 0.489 e. The smallest absolute Gasteiger partial charge is 0.338 e. The Labute approximate surface area is 236 Å². The van der Waals surface area contributed by atoms with Crippen molar-refractivity contribution in [3.05, 3.63) is 145 Å². The Kier molecular flexibility index (Phi) is 8.22. The normalized spacial score (nSPS) is 14.8. The first-order valence-electron chi connectivity index (χ1n) is 13.1. The van der Waals surface area contributed by atoms with E-state index >= 15 is 0 Å². The van der Waals surface area contributed by atoms with Gasteiger partial charge in [-0.15, -0.1) is 6.58 Å². The number of carbonyl (C=O) groups is 1. The van der Waals surface area contributed by atoms with Crippen LogP contribution in [0.2, 0.25) is 0 Å². The van der Waals surface area contributed by atoms with Gasteiger partial charge in [-0.25, -0.2) is 9.79 Å². The minimum Gasteiger partial charge on any atom is -0.489 e. The zero-order valence-corrected chi connectivity index (χ0v) is 23.3. The number of rotatable bonds is 9. The van der Waals surface area contributed by atoms with Crippen molar-refractivity contribution in [2.75, 3.05) is 6.61 Å². The molecule has 2 heterocycles. The summed E-state index contributed by atoms with van der Waals surface area (Å²) in [4.78, 5) is 32.0. The number of thiazole rings is 1. The molecule has 5 rings (SSSR count). The highest BCUT2D eigenvalue weighted by Gasteiger charge is 2.33. The molecule has 40 heavy (non-hydrogen) atoms. The van der Waals surface area contributed by atoms with Crippen LogP contribution in [0.3, 0.4) is 0 Å². The fourth-order valence-corrected chi connectivity index (χ4v) is 5.82. The van der Waals surface area contributed by atoms with Gasteiger partial charge >= 0.3 is 5.97 Å². The lowest BCUT2D eigenvalue weighted by Gasteiger charge is -2.24. The lowest BCUT2D eigenvalue weighted by molar-refractivity contribution is -0.139. The molecular weight excluding hydrogens is 520 g/mol. The molecule has 1 atom stereocenters. The van der Waals surface area contributed by atoms with Gasteiger partial charge in [0.15, 0.2) is 4.80 Å². The van der Waals surface area contributed by atoms with Gasteiger partial charge in [0.1, 0.15) is 12.4 Å². The molecule has 0 saturated heterocycles. The highest BCUT2D eigenvalue weighted by molar-refractivity contribution is 7.07. The second-order valence-electron chi connectivity index (χ2n) is 9.35. The number of aromatic nitrogens is 1. The average molecular weight is 551 g/mol. The van der Waals surface area contributed by atoms with Crippen LogP contribution in [0.25, 0.3) is 6.08 Å². The van der Waals surface area contributed by atoms with E-state index in [9.17, 15) is 9.59 Å². The van der Waals surface area contributed by atoms with E-state index in [1.165, 1.54) is 11.3 Å². The maximum Gasteiger partial charge on any atom is 0.338 e. The van der Waals surface area contributed by atoms with Crippen LogP contribution in [0.5, 0.6) is 5.75 Å². The van der Waals surface area contributed by atoms with Crippen molar-refractivity contribution in [2.45, 2.75) is 32.9 Å². The second kappa shape index (κ2) is 12.1. The van der Waals surface area contributed by atoms with Crippen molar-refractivity contribution in [1.29, 1.82) is 0 Å². The molecule has 1 aliphatic heterocycles. The van der Waals surface area contributed by atoms with E-state index in [1.54, 1.807) is 18.4 Å². The van der Waals surface area contributed by atoms with Gasteiger partial charge in [0, 0.05) is 0 Å². The quantitative estimate of drug-likeness (QED) is 0.215. The van der Waals surface area contributed by atoms with E-state index in [0.717, 1.165) is 28.0 Å². The number of hydrogen-bond donors (Lipinski definition) is 0. The van der Waals surface area contributed by atoms with Crippen LogP contribution in [0.4, 0.5) is 0 Å². The molecule has 0 amide bonds. The number of allylic oxidation sites excluding steroid dienone is 2. The van der Waals surface area contributed by atoms with Gasteiger partial charge in [-0.1, -0.05) is 84.1 Å².